The molecule has 4 nitrogen and oxygen atoms in total. The van der Waals surface area contributed by atoms with Gasteiger partial charge in [-0.25, -0.2) is 0 Å². The van der Waals surface area contributed by atoms with Crippen LogP contribution in [0.3, 0.4) is 0 Å². The van der Waals surface area contributed by atoms with Crippen LogP contribution in [0.15, 0.2) is 0 Å². The number of carbonyl (C=O) groups is 1. The van der Waals surface area contributed by atoms with Gasteiger partial charge in [-0.1, -0.05) is 20.3 Å². The highest BCUT2D eigenvalue weighted by Gasteiger charge is 2.35. The fourth-order valence-corrected chi connectivity index (χ4v) is 2.57. The predicted octanol–water partition coefficient (Wildman–Crippen LogP) is 1.09. The molecule has 0 saturated carbocycles. The van der Waals surface area contributed by atoms with Crippen LogP contribution in [0, 0.1) is 0 Å². The van der Waals surface area contributed by atoms with Gasteiger partial charge in [0, 0.05) is 28.9 Å². The third-order valence-electron chi connectivity index (χ3n) is 3.41. The molecule has 17 heavy (non-hydrogen) atoms. The maximum absolute atomic E-state index is 12.1. The van der Waals surface area contributed by atoms with Crippen LogP contribution in [0.25, 0.3) is 0 Å². The van der Waals surface area contributed by atoms with Crippen LogP contribution in [-0.2, 0) is 15.6 Å². The van der Waals surface area contributed by atoms with Gasteiger partial charge in [-0.3, -0.25) is 14.3 Å². The third-order valence-corrected chi connectivity index (χ3v) is 4.78. The van der Waals surface area contributed by atoms with Gasteiger partial charge in [-0.2, -0.15) is 0 Å². The second-order valence-corrected chi connectivity index (χ2v) is 6.62. The third kappa shape index (κ3) is 3.78. The number of hydrogen-bond acceptors (Lipinski definition) is 3. The van der Waals surface area contributed by atoms with Gasteiger partial charge < -0.3 is 4.90 Å². The highest BCUT2D eigenvalue weighted by Crippen LogP contribution is 2.15. The topological polar surface area (TPSA) is 49.4 Å². The molecular weight excluding hydrogens is 236 g/mol. The molecule has 1 heterocycles. The standard InChI is InChI=1S/C12H24N2O2S/c1-5-6-11-12(15)14(10(3)13-11)8-7-9(2)17(4)16/h9-11,13H,5-8H2,1-4H3. The van der Waals surface area contributed by atoms with Gasteiger partial charge in [-0.05, 0) is 19.8 Å². The van der Waals surface area contributed by atoms with Crippen molar-refractivity contribution in [2.24, 2.45) is 0 Å². The number of carbonyl (C=O) groups excluding carboxylic acids is 1. The fourth-order valence-electron chi connectivity index (χ4n) is 2.13. The molecule has 1 rings (SSSR count). The molecule has 4 atom stereocenters. The van der Waals surface area contributed by atoms with E-state index in [1.165, 1.54) is 0 Å². The van der Waals surface area contributed by atoms with E-state index < -0.39 is 10.8 Å². The lowest BCUT2D eigenvalue weighted by Crippen LogP contribution is -2.36. The zero-order valence-electron chi connectivity index (χ0n) is 11.2. The Morgan fingerprint density at radius 1 is 1.53 bits per heavy atom. The SMILES string of the molecule is CCCC1NC(C)N(CCC(C)S(C)=O)C1=O. The fraction of sp³-hybridized carbons (Fsp3) is 0.917. The van der Waals surface area contributed by atoms with E-state index in [-0.39, 0.29) is 23.4 Å². The minimum atomic E-state index is -0.803. The van der Waals surface area contributed by atoms with Crippen LogP contribution >= 0.6 is 0 Å². The summed E-state index contributed by atoms with van der Waals surface area (Å²) in [5.41, 5.74) is 0. The molecule has 0 aliphatic carbocycles. The molecule has 0 aromatic carbocycles. The molecule has 1 aliphatic rings. The Morgan fingerprint density at radius 2 is 2.18 bits per heavy atom. The van der Waals surface area contributed by atoms with Crippen molar-refractivity contribution in [1.29, 1.82) is 0 Å². The Bertz CT molecular complexity index is 296. The Morgan fingerprint density at radius 3 is 2.71 bits per heavy atom. The molecule has 1 amide bonds. The van der Waals surface area contributed by atoms with E-state index in [0.717, 1.165) is 19.3 Å². The second kappa shape index (κ2) is 6.50. The molecule has 4 unspecified atom stereocenters. The summed E-state index contributed by atoms with van der Waals surface area (Å²) in [5, 5.41) is 3.46. The van der Waals surface area contributed by atoms with Crippen LogP contribution in [-0.4, -0.2) is 45.3 Å². The molecule has 1 fully saturated rings. The summed E-state index contributed by atoms with van der Waals surface area (Å²) >= 11 is 0. The number of rotatable bonds is 6. The van der Waals surface area contributed by atoms with Crippen molar-refractivity contribution in [1.82, 2.24) is 10.2 Å². The van der Waals surface area contributed by atoms with Gasteiger partial charge in [-0.15, -0.1) is 0 Å². The van der Waals surface area contributed by atoms with Gasteiger partial charge in [0.05, 0.1) is 12.2 Å². The summed E-state index contributed by atoms with van der Waals surface area (Å²) in [6, 6.07) is -0.0163. The normalized spacial score (nSPS) is 28.5. The first-order valence-electron chi connectivity index (χ1n) is 6.36. The lowest BCUT2D eigenvalue weighted by atomic mass is 10.1. The van der Waals surface area contributed by atoms with Gasteiger partial charge in [0.1, 0.15) is 0 Å². The van der Waals surface area contributed by atoms with E-state index >= 15 is 0 Å². The largest absolute Gasteiger partial charge is 0.326 e. The highest BCUT2D eigenvalue weighted by atomic mass is 32.2. The molecule has 5 heteroatoms. The second-order valence-electron chi connectivity index (χ2n) is 4.81. The average molecular weight is 260 g/mol. The quantitative estimate of drug-likeness (QED) is 0.778. The average Bonchev–Trinajstić information content (AvgIpc) is 2.52. The monoisotopic (exact) mass is 260 g/mol. The van der Waals surface area contributed by atoms with Crippen molar-refractivity contribution in [3.63, 3.8) is 0 Å². The zero-order valence-corrected chi connectivity index (χ0v) is 12.0. The number of nitrogens with zero attached hydrogens (tertiary/aromatic N) is 1. The lowest BCUT2D eigenvalue weighted by Gasteiger charge is -2.22. The molecule has 0 aromatic rings. The maximum atomic E-state index is 12.1. The van der Waals surface area contributed by atoms with Crippen molar-refractivity contribution in [3.05, 3.63) is 0 Å². The van der Waals surface area contributed by atoms with E-state index in [0.29, 0.717) is 6.54 Å². The number of nitrogens with one attached hydrogen (secondary N) is 1. The summed E-state index contributed by atoms with van der Waals surface area (Å²) in [6.45, 7) is 6.78. The molecule has 100 valence electrons. The maximum Gasteiger partial charge on any atom is 0.241 e. The predicted molar refractivity (Wildman–Crippen MR) is 71.2 cm³/mol. The van der Waals surface area contributed by atoms with Crippen molar-refractivity contribution < 1.29 is 9.00 Å². The molecule has 1 aliphatic heterocycles. The van der Waals surface area contributed by atoms with Crippen LogP contribution in [0.4, 0.5) is 0 Å². The van der Waals surface area contributed by atoms with Crippen LogP contribution in [0.5, 0.6) is 0 Å². The van der Waals surface area contributed by atoms with Crippen LogP contribution < -0.4 is 5.32 Å². The summed E-state index contributed by atoms with van der Waals surface area (Å²) in [7, 11) is -0.803. The summed E-state index contributed by atoms with van der Waals surface area (Å²) in [5.74, 6) is 0.202. The number of amides is 1. The first kappa shape index (κ1) is 14.6. The molecule has 1 saturated heterocycles. The molecule has 0 spiro atoms. The lowest BCUT2D eigenvalue weighted by molar-refractivity contribution is -0.130. The van der Waals surface area contributed by atoms with Gasteiger partial charge >= 0.3 is 0 Å². The van der Waals surface area contributed by atoms with Gasteiger partial charge in [0.25, 0.3) is 0 Å². The molecule has 0 aromatic heterocycles. The number of hydrogen-bond donors (Lipinski definition) is 1. The van der Waals surface area contributed by atoms with Crippen molar-refractivity contribution >= 4 is 16.7 Å². The zero-order chi connectivity index (χ0) is 13.0. The van der Waals surface area contributed by atoms with Crippen LogP contribution in [0.2, 0.25) is 0 Å². The van der Waals surface area contributed by atoms with E-state index in [1.54, 1.807) is 6.26 Å². The minimum Gasteiger partial charge on any atom is -0.326 e. The molecule has 1 N–H and O–H groups in total. The Labute approximate surface area is 107 Å². The van der Waals surface area contributed by atoms with Gasteiger partial charge in [0.15, 0.2) is 0 Å². The van der Waals surface area contributed by atoms with Crippen molar-refractivity contribution in [2.75, 3.05) is 12.8 Å². The highest BCUT2D eigenvalue weighted by molar-refractivity contribution is 7.84. The minimum absolute atomic E-state index is 0.0163. The Hall–Kier alpha value is -0.420. The van der Waals surface area contributed by atoms with E-state index in [9.17, 15) is 9.00 Å². The Kier molecular flexibility index (Phi) is 5.59. The first-order chi connectivity index (χ1) is 7.97. The van der Waals surface area contributed by atoms with E-state index in [2.05, 4.69) is 12.2 Å². The first-order valence-corrected chi connectivity index (χ1v) is 7.98. The smallest absolute Gasteiger partial charge is 0.241 e. The van der Waals surface area contributed by atoms with Crippen molar-refractivity contribution in [3.8, 4) is 0 Å². The van der Waals surface area contributed by atoms with E-state index in [4.69, 9.17) is 0 Å². The van der Waals surface area contributed by atoms with Gasteiger partial charge in [0.2, 0.25) is 5.91 Å². The van der Waals surface area contributed by atoms with Crippen molar-refractivity contribution in [2.45, 2.75) is 57.5 Å². The molecular formula is C12H24N2O2S. The molecule has 0 radical (unpaired) electrons. The summed E-state index contributed by atoms with van der Waals surface area (Å²) < 4.78 is 11.3. The summed E-state index contributed by atoms with van der Waals surface area (Å²) in [6.07, 6.45) is 4.54. The molecule has 0 bridgehead atoms. The van der Waals surface area contributed by atoms with Crippen LogP contribution in [0.1, 0.15) is 40.0 Å². The van der Waals surface area contributed by atoms with E-state index in [1.807, 2.05) is 18.7 Å². The summed E-state index contributed by atoms with van der Waals surface area (Å²) in [4.78, 5) is 14.0. The Balaban J connectivity index is 2.48.